The van der Waals surface area contributed by atoms with Crippen LogP contribution in [0.1, 0.15) is 38.5 Å². The molecule has 1 atom stereocenters. The van der Waals surface area contributed by atoms with Gasteiger partial charge in [0, 0.05) is 19.1 Å². The van der Waals surface area contributed by atoms with Crippen LogP contribution in [0.2, 0.25) is 0 Å². The van der Waals surface area contributed by atoms with Crippen LogP contribution in [0.25, 0.3) is 0 Å². The number of carbonyl (C=O) groups excluding carboxylic acids is 1. The van der Waals surface area contributed by atoms with Crippen molar-refractivity contribution >= 4 is 6.09 Å². The first-order valence-corrected chi connectivity index (χ1v) is 6.85. The lowest BCUT2D eigenvalue weighted by Gasteiger charge is -2.34. The molecule has 1 amide bonds. The van der Waals surface area contributed by atoms with Crippen LogP contribution < -0.4 is 5.32 Å². The number of nitrogens with one attached hydrogen (secondary N) is 1. The molecule has 1 saturated carbocycles. The molecule has 0 bridgehead atoms. The van der Waals surface area contributed by atoms with Crippen molar-refractivity contribution in [2.24, 2.45) is 5.92 Å². The van der Waals surface area contributed by atoms with E-state index < -0.39 is 0 Å². The Labute approximate surface area is 104 Å². The van der Waals surface area contributed by atoms with Crippen molar-refractivity contribution in [3.05, 3.63) is 0 Å². The van der Waals surface area contributed by atoms with Gasteiger partial charge in [0.2, 0.25) is 0 Å². The van der Waals surface area contributed by atoms with Gasteiger partial charge in [-0.15, -0.1) is 0 Å². The second-order valence-corrected chi connectivity index (χ2v) is 5.39. The highest BCUT2D eigenvalue weighted by molar-refractivity contribution is 5.67. The van der Waals surface area contributed by atoms with Crippen LogP contribution in [-0.2, 0) is 4.74 Å². The highest BCUT2D eigenvalue weighted by atomic mass is 16.5. The first-order valence-electron chi connectivity index (χ1n) is 6.85. The SMILES string of the molecule is COC(=O)NC1CCCN(CC2CCCC2)C1. The van der Waals surface area contributed by atoms with Gasteiger partial charge in [-0.2, -0.15) is 0 Å². The van der Waals surface area contributed by atoms with Crippen molar-refractivity contribution < 1.29 is 9.53 Å². The summed E-state index contributed by atoms with van der Waals surface area (Å²) in [5, 5.41) is 2.92. The Kier molecular flexibility index (Phi) is 4.66. The number of amides is 1. The van der Waals surface area contributed by atoms with Gasteiger partial charge in [0.25, 0.3) is 0 Å². The molecule has 0 aromatic heterocycles. The Hall–Kier alpha value is -0.770. The van der Waals surface area contributed by atoms with Crippen LogP contribution in [0.15, 0.2) is 0 Å². The Bertz CT molecular complexity index is 252. The largest absolute Gasteiger partial charge is 0.453 e. The molecule has 4 heteroatoms. The number of ether oxygens (including phenoxy) is 1. The van der Waals surface area contributed by atoms with E-state index in [-0.39, 0.29) is 12.1 Å². The number of likely N-dealkylation sites (tertiary alicyclic amines) is 1. The van der Waals surface area contributed by atoms with Gasteiger partial charge in [0.05, 0.1) is 7.11 Å². The summed E-state index contributed by atoms with van der Waals surface area (Å²) < 4.78 is 4.65. The Morgan fingerprint density at radius 2 is 2.06 bits per heavy atom. The maximum absolute atomic E-state index is 11.2. The summed E-state index contributed by atoms with van der Waals surface area (Å²) in [6.45, 7) is 3.40. The van der Waals surface area contributed by atoms with Crippen LogP contribution in [-0.4, -0.2) is 43.8 Å². The highest BCUT2D eigenvalue weighted by Crippen LogP contribution is 2.26. The molecule has 2 fully saturated rings. The van der Waals surface area contributed by atoms with Gasteiger partial charge in [-0.3, -0.25) is 0 Å². The average molecular weight is 240 g/mol. The molecule has 1 aliphatic heterocycles. The van der Waals surface area contributed by atoms with E-state index >= 15 is 0 Å². The van der Waals surface area contributed by atoms with Gasteiger partial charge in [-0.1, -0.05) is 12.8 Å². The normalized spacial score (nSPS) is 27.0. The number of hydrogen-bond donors (Lipinski definition) is 1. The molecular formula is C13H24N2O2. The fourth-order valence-corrected chi connectivity index (χ4v) is 3.12. The molecule has 1 heterocycles. The number of nitrogens with zero attached hydrogens (tertiary/aromatic N) is 1. The lowest BCUT2D eigenvalue weighted by molar-refractivity contribution is 0.140. The van der Waals surface area contributed by atoms with Crippen LogP contribution >= 0.6 is 0 Å². The van der Waals surface area contributed by atoms with Crippen LogP contribution in [0, 0.1) is 5.92 Å². The predicted molar refractivity (Wildman–Crippen MR) is 67.0 cm³/mol. The zero-order chi connectivity index (χ0) is 12.1. The quantitative estimate of drug-likeness (QED) is 0.820. The number of methoxy groups -OCH3 is 1. The van der Waals surface area contributed by atoms with E-state index in [1.807, 2.05) is 0 Å². The summed E-state index contributed by atoms with van der Waals surface area (Å²) in [5.41, 5.74) is 0. The van der Waals surface area contributed by atoms with Crippen molar-refractivity contribution in [2.75, 3.05) is 26.7 Å². The molecule has 1 unspecified atom stereocenters. The summed E-state index contributed by atoms with van der Waals surface area (Å²) in [4.78, 5) is 13.7. The van der Waals surface area contributed by atoms with E-state index in [2.05, 4.69) is 15.0 Å². The first kappa shape index (κ1) is 12.7. The third kappa shape index (κ3) is 3.87. The third-order valence-electron chi connectivity index (χ3n) is 4.00. The molecule has 98 valence electrons. The second-order valence-electron chi connectivity index (χ2n) is 5.39. The number of carbonyl (C=O) groups is 1. The highest BCUT2D eigenvalue weighted by Gasteiger charge is 2.24. The standard InChI is InChI=1S/C13H24N2O2/c1-17-13(16)14-12-7-4-8-15(10-12)9-11-5-2-3-6-11/h11-12H,2-10H2,1H3,(H,14,16). The summed E-state index contributed by atoms with van der Waals surface area (Å²) in [5.74, 6) is 0.895. The smallest absolute Gasteiger partial charge is 0.407 e. The molecule has 0 aromatic carbocycles. The molecule has 0 spiro atoms. The molecule has 1 aliphatic carbocycles. The summed E-state index contributed by atoms with van der Waals surface area (Å²) in [7, 11) is 1.43. The van der Waals surface area contributed by atoms with E-state index in [0.717, 1.165) is 18.9 Å². The molecule has 4 nitrogen and oxygen atoms in total. The van der Waals surface area contributed by atoms with Crippen molar-refractivity contribution in [2.45, 2.75) is 44.6 Å². The minimum atomic E-state index is -0.294. The molecule has 2 rings (SSSR count). The Morgan fingerprint density at radius 1 is 1.29 bits per heavy atom. The van der Waals surface area contributed by atoms with Crippen molar-refractivity contribution in [1.29, 1.82) is 0 Å². The second kappa shape index (κ2) is 6.24. The fraction of sp³-hybridized carbons (Fsp3) is 0.923. The van der Waals surface area contributed by atoms with Crippen LogP contribution in [0.5, 0.6) is 0 Å². The molecule has 1 N–H and O–H groups in total. The maximum atomic E-state index is 11.2. The molecular weight excluding hydrogens is 216 g/mol. The number of rotatable bonds is 3. The number of hydrogen-bond acceptors (Lipinski definition) is 3. The molecule has 2 aliphatic rings. The number of alkyl carbamates (subject to hydrolysis) is 1. The minimum absolute atomic E-state index is 0.276. The fourth-order valence-electron chi connectivity index (χ4n) is 3.12. The van der Waals surface area contributed by atoms with Crippen molar-refractivity contribution in [3.8, 4) is 0 Å². The Morgan fingerprint density at radius 3 is 2.76 bits per heavy atom. The topological polar surface area (TPSA) is 41.6 Å². The van der Waals surface area contributed by atoms with E-state index in [4.69, 9.17) is 0 Å². The van der Waals surface area contributed by atoms with E-state index in [0.29, 0.717) is 0 Å². The van der Waals surface area contributed by atoms with Gasteiger partial charge < -0.3 is 15.0 Å². The first-order chi connectivity index (χ1) is 8.28. The van der Waals surface area contributed by atoms with Crippen LogP contribution in [0.3, 0.4) is 0 Å². The monoisotopic (exact) mass is 240 g/mol. The maximum Gasteiger partial charge on any atom is 0.407 e. The van der Waals surface area contributed by atoms with E-state index in [1.165, 1.54) is 52.3 Å². The summed E-state index contributed by atoms with van der Waals surface area (Å²) >= 11 is 0. The zero-order valence-corrected chi connectivity index (χ0v) is 10.8. The Balaban J connectivity index is 1.73. The average Bonchev–Trinajstić information content (AvgIpc) is 2.82. The van der Waals surface area contributed by atoms with Crippen LogP contribution in [0.4, 0.5) is 4.79 Å². The van der Waals surface area contributed by atoms with Gasteiger partial charge in [-0.05, 0) is 38.1 Å². The summed E-state index contributed by atoms with van der Waals surface area (Å²) in [6.07, 6.45) is 7.57. The number of piperidine rings is 1. The van der Waals surface area contributed by atoms with Gasteiger partial charge >= 0.3 is 6.09 Å². The zero-order valence-electron chi connectivity index (χ0n) is 10.8. The minimum Gasteiger partial charge on any atom is -0.453 e. The molecule has 0 aromatic rings. The predicted octanol–water partition coefficient (Wildman–Crippen LogP) is 2.00. The van der Waals surface area contributed by atoms with Gasteiger partial charge in [-0.25, -0.2) is 4.79 Å². The molecule has 0 radical (unpaired) electrons. The molecule has 1 saturated heterocycles. The van der Waals surface area contributed by atoms with Gasteiger partial charge in [0.1, 0.15) is 0 Å². The summed E-state index contributed by atoms with van der Waals surface area (Å²) in [6, 6.07) is 0.276. The van der Waals surface area contributed by atoms with Gasteiger partial charge in [0.15, 0.2) is 0 Å². The van der Waals surface area contributed by atoms with Crippen molar-refractivity contribution in [3.63, 3.8) is 0 Å². The van der Waals surface area contributed by atoms with E-state index in [1.54, 1.807) is 0 Å². The molecule has 17 heavy (non-hydrogen) atoms. The van der Waals surface area contributed by atoms with E-state index in [9.17, 15) is 4.79 Å². The van der Waals surface area contributed by atoms with Crippen molar-refractivity contribution in [1.82, 2.24) is 10.2 Å². The lowest BCUT2D eigenvalue weighted by Crippen LogP contribution is -2.48. The lowest BCUT2D eigenvalue weighted by atomic mass is 10.0. The third-order valence-corrected chi connectivity index (χ3v) is 4.00.